The number of benzene rings is 2. The van der Waals surface area contributed by atoms with Crippen molar-refractivity contribution in [3.05, 3.63) is 53.0 Å². The van der Waals surface area contributed by atoms with E-state index in [1.165, 1.54) is 14.2 Å². The summed E-state index contributed by atoms with van der Waals surface area (Å²) in [6.07, 6.45) is 0. The Morgan fingerprint density at radius 1 is 1.14 bits per heavy atom. The molecular weight excluding hydrogens is 390 g/mol. The van der Waals surface area contributed by atoms with E-state index in [2.05, 4.69) is 10.3 Å². The van der Waals surface area contributed by atoms with Crippen LogP contribution < -0.4 is 14.8 Å². The molecule has 7 nitrogen and oxygen atoms in total. The second-order valence-corrected chi connectivity index (χ2v) is 7.52. The minimum absolute atomic E-state index is 0.112. The quantitative estimate of drug-likeness (QED) is 0.643. The highest BCUT2D eigenvalue weighted by Gasteiger charge is 2.21. The number of methoxy groups -OCH3 is 2. The Morgan fingerprint density at radius 3 is 2.55 bits per heavy atom. The molecule has 0 saturated heterocycles. The van der Waals surface area contributed by atoms with E-state index in [4.69, 9.17) is 9.47 Å². The Bertz CT molecular complexity index is 1000. The first-order valence-corrected chi connectivity index (χ1v) is 9.87. The number of carbonyl (C=O) groups is 2. The third-order valence-electron chi connectivity index (χ3n) is 4.69. The van der Waals surface area contributed by atoms with Crippen LogP contribution in [0.15, 0.2) is 42.5 Å². The topological polar surface area (TPSA) is 80.8 Å². The zero-order chi connectivity index (χ0) is 21.0. The van der Waals surface area contributed by atoms with Crippen molar-refractivity contribution in [3.8, 4) is 11.5 Å². The molecule has 0 unspecified atom stereocenters. The largest absolute Gasteiger partial charge is 0.493 e. The number of thiazole rings is 1. The Labute approximate surface area is 173 Å². The summed E-state index contributed by atoms with van der Waals surface area (Å²) >= 11 is 1.56. The van der Waals surface area contributed by atoms with Crippen LogP contribution in [0.1, 0.15) is 28.3 Å². The summed E-state index contributed by atoms with van der Waals surface area (Å²) in [7, 11) is 4.74. The van der Waals surface area contributed by atoms with E-state index in [0.717, 1.165) is 15.2 Å². The first-order valence-electron chi connectivity index (χ1n) is 9.06. The lowest BCUT2D eigenvalue weighted by atomic mass is 10.2. The summed E-state index contributed by atoms with van der Waals surface area (Å²) in [5.41, 5.74) is 1.30. The van der Waals surface area contributed by atoms with Crippen molar-refractivity contribution >= 4 is 33.4 Å². The van der Waals surface area contributed by atoms with E-state index in [1.54, 1.807) is 41.5 Å². The molecule has 0 aliphatic rings. The fourth-order valence-corrected chi connectivity index (χ4v) is 3.87. The molecule has 0 saturated carbocycles. The number of hydrogen-bond acceptors (Lipinski definition) is 6. The number of fused-ring (bicyclic) bond motifs is 1. The molecule has 0 bridgehead atoms. The van der Waals surface area contributed by atoms with Crippen molar-refractivity contribution in [1.29, 1.82) is 0 Å². The van der Waals surface area contributed by atoms with Gasteiger partial charge in [-0.15, -0.1) is 11.3 Å². The molecule has 1 heterocycles. The van der Waals surface area contributed by atoms with Gasteiger partial charge in [0.05, 0.1) is 37.0 Å². The van der Waals surface area contributed by atoms with Gasteiger partial charge in [-0.2, -0.15) is 0 Å². The van der Waals surface area contributed by atoms with E-state index in [1.807, 2.05) is 31.2 Å². The summed E-state index contributed by atoms with van der Waals surface area (Å²) in [4.78, 5) is 31.2. The van der Waals surface area contributed by atoms with Gasteiger partial charge >= 0.3 is 0 Å². The monoisotopic (exact) mass is 413 g/mol. The summed E-state index contributed by atoms with van der Waals surface area (Å²) in [6.45, 7) is 1.81. The third kappa shape index (κ3) is 4.48. The van der Waals surface area contributed by atoms with Gasteiger partial charge in [0.2, 0.25) is 5.91 Å². The highest BCUT2D eigenvalue weighted by Crippen LogP contribution is 2.29. The predicted molar refractivity (Wildman–Crippen MR) is 113 cm³/mol. The van der Waals surface area contributed by atoms with Crippen molar-refractivity contribution in [2.75, 3.05) is 27.8 Å². The molecule has 8 heteroatoms. The van der Waals surface area contributed by atoms with Crippen LogP contribution in [0.4, 0.5) is 0 Å². The second-order valence-electron chi connectivity index (χ2n) is 6.45. The fraction of sp³-hybridized carbons (Fsp3) is 0.286. The first kappa shape index (κ1) is 20.6. The summed E-state index contributed by atoms with van der Waals surface area (Å²) in [6, 6.07) is 12.5. The number of nitrogens with zero attached hydrogens (tertiary/aromatic N) is 2. The molecule has 1 aromatic heterocycles. The van der Waals surface area contributed by atoms with Crippen LogP contribution in [-0.4, -0.2) is 49.5 Å². The minimum Gasteiger partial charge on any atom is -0.493 e. The second kappa shape index (κ2) is 8.91. The summed E-state index contributed by atoms with van der Waals surface area (Å²) in [5, 5.41) is 3.51. The summed E-state index contributed by atoms with van der Waals surface area (Å²) in [5.74, 6) is 0.420. The van der Waals surface area contributed by atoms with Gasteiger partial charge in [-0.3, -0.25) is 9.59 Å². The number of hydrogen-bond donors (Lipinski definition) is 1. The van der Waals surface area contributed by atoms with Crippen LogP contribution in [0.25, 0.3) is 10.2 Å². The highest BCUT2D eigenvalue weighted by molar-refractivity contribution is 7.18. The van der Waals surface area contributed by atoms with Crippen molar-refractivity contribution in [3.63, 3.8) is 0 Å². The molecule has 2 amide bonds. The molecule has 3 rings (SSSR count). The van der Waals surface area contributed by atoms with Crippen molar-refractivity contribution in [1.82, 2.24) is 15.2 Å². The molecule has 0 aliphatic carbocycles. The van der Waals surface area contributed by atoms with Crippen LogP contribution in [-0.2, 0) is 4.79 Å². The Hall–Kier alpha value is -3.13. The normalized spacial score (nSPS) is 11.7. The molecule has 0 spiro atoms. The molecule has 2 aromatic carbocycles. The lowest BCUT2D eigenvalue weighted by Crippen LogP contribution is -2.39. The van der Waals surface area contributed by atoms with Crippen LogP contribution in [0.3, 0.4) is 0 Å². The highest BCUT2D eigenvalue weighted by atomic mass is 32.1. The molecule has 0 radical (unpaired) electrons. The van der Waals surface area contributed by atoms with E-state index < -0.39 is 0 Å². The number of likely N-dealkylation sites (N-methyl/N-ethyl adjacent to an activating group) is 1. The van der Waals surface area contributed by atoms with E-state index in [-0.39, 0.29) is 24.4 Å². The number of ether oxygens (including phenoxy) is 2. The molecule has 1 N–H and O–H groups in total. The molecular formula is C21H23N3O4S. The number of nitrogens with one attached hydrogen (secondary N) is 1. The van der Waals surface area contributed by atoms with Gasteiger partial charge in [0.25, 0.3) is 5.91 Å². The minimum atomic E-state index is -0.361. The van der Waals surface area contributed by atoms with E-state index >= 15 is 0 Å². The molecule has 0 fully saturated rings. The van der Waals surface area contributed by atoms with Gasteiger partial charge in [0.1, 0.15) is 5.01 Å². The zero-order valence-electron chi connectivity index (χ0n) is 16.8. The van der Waals surface area contributed by atoms with Crippen molar-refractivity contribution in [2.24, 2.45) is 0 Å². The number of aromatic nitrogens is 1. The zero-order valence-corrected chi connectivity index (χ0v) is 17.6. The standard InChI is InChI=1S/C21H23N3O4S/c1-13(21-23-15-7-5-6-8-18(15)29-21)24(2)19(25)12-22-20(26)14-9-10-16(27-3)17(11-14)28-4/h5-11,13H,12H2,1-4H3,(H,22,26)/t13-/m1/s1. The molecule has 0 aliphatic heterocycles. The number of carbonyl (C=O) groups excluding carboxylic acids is 2. The van der Waals surface area contributed by atoms with E-state index in [9.17, 15) is 9.59 Å². The summed E-state index contributed by atoms with van der Waals surface area (Å²) < 4.78 is 11.5. The van der Waals surface area contributed by atoms with Crippen LogP contribution >= 0.6 is 11.3 Å². The SMILES string of the molecule is COc1ccc(C(=O)NCC(=O)N(C)[C@H](C)c2nc3ccccc3s2)cc1OC. The van der Waals surface area contributed by atoms with Crippen molar-refractivity contribution in [2.45, 2.75) is 13.0 Å². The maximum absolute atomic E-state index is 12.6. The maximum Gasteiger partial charge on any atom is 0.251 e. The predicted octanol–water partition coefficient (Wildman–Crippen LogP) is 3.26. The number of amides is 2. The lowest BCUT2D eigenvalue weighted by molar-refractivity contribution is -0.130. The van der Waals surface area contributed by atoms with Crippen molar-refractivity contribution < 1.29 is 19.1 Å². The Morgan fingerprint density at radius 2 is 1.86 bits per heavy atom. The molecule has 3 aromatic rings. The van der Waals surface area contributed by atoms with E-state index in [0.29, 0.717) is 17.1 Å². The maximum atomic E-state index is 12.6. The van der Waals surface area contributed by atoms with Gasteiger partial charge in [0.15, 0.2) is 11.5 Å². The average Bonchev–Trinajstić information content (AvgIpc) is 3.19. The molecule has 29 heavy (non-hydrogen) atoms. The van der Waals surface area contributed by atoms with Gasteiger partial charge in [0, 0.05) is 12.6 Å². The van der Waals surface area contributed by atoms with Crippen LogP contribution in [0.2, 0.25) is 0 Å². The smallest absolute Gasteiger partial charge is 0.251 e. The third-order valence-corrected chi connectivity index (χ3v) is 5.89. The van der Waals surface area contributed by atoms with Gasteiger partial charge in [-0.05, 0) is 37.3 Å². The van der Waals surface area contributed by atoms with Crippen LogP contribution in [0, 0.1) is 0 Å². The van der Waals surface area contributed by atoms with Gasteiger partial charge < -0.3 is 19.7 Å². The first-order chi connectivity index (χ1) is 13.9. The average molecular weight is 413 g/mol. The Kier molecular flexibility index (Phi) is 6.33. The fourth-order valence-electron chi connectivity index (χ4n) is 2.81. The van der Waals surface area contributed by atoms with Crippen LogP contribution in [0.5, 0.6) is 11.5 Å². The number of para-hydroxylation sites is 1. The van der Waals surface area contributed by atoms with Gasteiger partial charge in [-0.1, -0.05) is 12.1 Å². The number of rotatable bonds is 7. The Balaban J connectivity index is 1.62. The molecule has 1 atom stereocenters. The molecule has 152 valence electrons. The van der Waals surface area contributed by atoms with Gasteiger partial charge in [-0.25, -0.2) is 4.98 Å². The lowest BCUT2D eigenvalue weighted by Gasteiger charge is -2.23.